The van der Waals surface area contributed by atoms with Crippen molar-refractivity contribution in [3.63, 3.8) is 0 Å². The molecule has 0 radical (unpaired) electrons. The van der Waals surface area contributed by atoms with E-state index >= 15 is 0 Å². The highest BCUT2D eigenvalue weighted by Gasteiger charge is 2.37. The van der Waals surface area contributed by atoms with Crippen molar-refractivity contribution >= 4 is 5.97 Å². The fourth-order valence-corrected chi connectivity index (χ4v) is 4.94. The number of benzene rings is 3. The van der Waals surface area contributed by atoms with Crippen LogP contribution in [0, 0.1) is 0 Å². The van der Waals surface area contributed by atoms with Crippen LogP contribution in [-0.2, 0) is 21.9 Å². The second kappa shape index (κ2) is 14.0. The van der Waals surface area contributed by atoms with Crippen molar-refractivity contribution < 1.29 is 35.9 Å². The van der Waals surface area contributed by atoms with Crippen molar-refractivity contribution in [1.29, 1.82) is 0 Å². The van der Waals surface area contributed by atoms with Crippen molar-refractivity contribution in [2.75, 3.05) is 20.2 Å². The van der Waals surface area contributed by atoms with Gasteiger partial charge < -0.3 is 4.74 Å². The largest absolute Gasteiger partial charge is 0.468 e. The molecule has 2 atom stereocenters. The van der Waals surface area contributed by atoms with Gasteiger partial charge in [0.1, 0.15) is 6.04 Å². The standard InChI is InChI=1S/C31H34F6N2O2/c1-4-19-39(20-5-2)28(23-9-7-6-8-10-23)27(29(40)41-3)38-26(21-11-15-24(16-12-21)30(32,33)34)22-13-17-25(18-14-22)31(35,36)37/h6-18,26-28,38H,4-5,19-20H2,1-3H3/t27-,28-/m0/s1. The average Bonchev–Trinajstić information content (AvgIpc) is 2.94. The first-order chi connectivity index (χ1) is 19.4. The van der Waals surface area contributed by atoms with Crippen LogP contribution in [0.4, 0.5) is 26.3 Å². The highest BCUT2D eigenvalue weighted by Crippen LogP contribution is 2.35. The first-order valence-corrected chi connectivity index (χ1v) is 13.4. The van der Waals surface area contributed by atoms with Crippen molar-refractivity contribution in [3.05, 3.63) is 107 Å². The van der Waals surface area contributed by atoms with Crippen molar-refractivity contribution in [2.45, 2.75) is 57.2 Å². The molecule has 0 bridgehead atoms. The molecule has 0 aliphatic carbocycles. The molecule has 0 fully saturated rings. The third kappa shape index (κ3) is 8.33. The lowest BCUT2D eigenvalue weighted by Crippen LogP contribution is -2.50. The number of alkyl halides is 6. The molecule has 0 saturated heterocycles. The second-order valence-corrected chi connectivity index (χ2v) is 9.73. The molecule has 0 amide bonds. The molecule has 4 nitrogen and oxygen atoms in total. The van der Waals surface area contributed by atoms with E-state index in [1.165, 1.54) is 31.4 Å². The zero-order chi connectivity index (χ0) is 30.2. The lowest BCUT2D eigenvalue weighted by atomic mass is 9.92. The van der Waals surface area contributed by atoms with Crippen LogP contribution >= 0.6 is 0 Å². The molecule has 3 aromatic carbocycles. The molecule has 1 N–H and O–H groups in total. The Labute approximate surface area is 236 Å². The molecule has 0 aliphatic rings. The van der Waals surface area contributed by atoms with E-state index in [-0.39, 0.29) is 0 Å². The van der Waals surface area contributed by atoms with E-state index in [0.29, 0.717) is 24.2 Å². The summed E-state index contributed by atoms with van der Waals surface area (Å²) >= 11 is 0. The van der Waals surface area contributed by atoms with Crippen molar-refractivity contribution in [3.8, 4) is 0 Å². The Balaban J connectivity index is 2.16. The number of methoxy groups -OCH3 is 1. The van der Waals surface area contributed by atoms with Gasteiger partial charge in [-0.05, 0) is 66.9 Å². The summed E-state index contributed by atoms with van der Waals surface area (Å²) in [5.41, 5.74) is -0.227. The lowest BCUT2D eigenvalue weighted by molar-refractivity contribution is -0.145. The molecule has 0 heterocycles. The number of hydrogen-bond donors (Lipinski definition) is 1. The molecular formula is C31H34F6N2O2. The smallest absolute Gasteiger partial charge is 0.416 e. The second-order valence-electron chi connectivity index (χ2n) is 9.73. The fraction of sp³-hybridized carbons (Fsp3) is 0.387. The Morgan fingerprint density at radius 3 is 1.54 bits per heavy atom. The van der Waals surface area contributed by atoms with Crippen LogP contribution in [-0.4, -0.2) is 37.1 Å². The number of carbonyl (C=O) groups excluding carboxylic acids is 1. The minimum atomic E-state index is -4.57. The highest BCUT2D eigenvalue weighted by molar-refractivity contribution is 5.77. The first-order valence-electron chi connectivity index (χ1n) is 13.4. The normalized spacial score (nSPS) is 13.8. The topological polar surface area (TPSA) is 41.6 Å². The molecule has 0 saturated carbocycles. The van der Waals surface area contributed by atoms with Crippen LogP contribution in [0.1, 0.15) is 66.6 Å². The number of halogens is 6. The highest BCUT2D eigenvalue weighted by atomic mass is 19.4. The van der Waals surface area contributed by atoms with E-state index in [4.69, 9.17) is 4.74 Å². The summed E-state index contributed by atoms with van der Waals surface area (Å²) in [6.07, 6.45) is -7.55. The van der Waals surface area contributed by atoms with E-state index in [0.717, 1.165) is 42.7 Å². The number of nitrogens with zero attached hydrogens (tertiary/aromatic N) is 1. The molecule has 41 heavy (non-hydrogen) atoms. The van der Waals surface area contributed by atoms with Gasteiger partial charge in [-0.15, -0.1) is 0 Å². The molecule has 10 heteroatoms. The maximum Gasteiger partial charge on any atom is 0.416 e. The zero-order valence-corrected chi connectivity index (χ0v) is 23.1. The van der Waals surface area contributed by atoms with E-state index < -0.39 is 47.6 Å². The van der Waals surface area contributed by atoms with Gasteiger partial charge in [0.25, 0.3) is 0 Å². The minimum absolute atomic E-state index is 0.344. The fourth-order valence-electron chi connectivity index (χ4n) is 4.94. The Kier molecular flexibility index (Phi) is 11.0. The summed E-state index contributed by atoms with van der Waals surface area (Å²) in [6.45, 7) is 5.32. The van der Waals surface area contributed by atoms with E-state index in [1.807, 2.05) is 44.2 Å². The van der Waals surface area contributed by atoms with Crippen LogP contribution in [0.25, 0.3) is 0 Å². The summed E-state index contributed by atoms with van der Waals surface area (Å²) in [6, 6.07) is 15.5. The van der Waals surface area contributed by atoms with Crippen LogP contribution in [0.3, 0.4) is 0 Å². The molecule has 0 aliphatic heterocycles. The first kappa shape index (κ1) is 32.1. The molecule has 3 rings (SSSR count). The number of esters is 1. The van der Waals surface area contributed by atoms with E-state index in [2.05, 4.69) is 10.2 Å². The molecule has 0 spiro atoms. The van der Waals surface area contributed by atoms with Gasteiger partial charge >= 0.3 is 18.3 Å². The number of rotatable bonds is 12. The van der Waals surface area contributed by atoms with Gasteiger partial charge in [0, 0.05) is 0 Å². The third-order valence-electron chi connectivity index (χ3n) is 6.82. The number of hydrogen-bond acceptors (Lipinski definition) is 4. The van der Waals surface area contributed by atoms with Gasteiger partial charge in [0.15, 0.2) is 0 Å². The average molecular weight is 581 g/mol. The van der Waals surface area contributed by atoms with Crippen LogP contribution in [0.5, 0.6) is 0 Å². The summed E-state index contributed by atoms with van der Waals surface area (Å²) in [5, 5.41) is 3.27. The van der Waals surface area contributed by atoms with Crippen molar-refractivity contribution in [1.82, 2.24) is 10.2 Å². The predicted molar refractivity (Wildman–Crippen MR) is 145 cm³/mol. The van der Waals surface area contributed by atoms with Crippen LogP contribution in [0.2, 0.25) is 0 Å². The van der Waals surface area contributed by atoms with Crippen LogP contribution < -0.4 is 5.32 Å². The maximum absolute atomic E-state index is 13.4. The van der Waals surface area contributed by atoms with E-state index in [9.17, 15) is 31.1 Å². The zero-order valence-electron chi connectivity index (χ0n) is 23.1. The Hall–Kier alpha value is -3.37. The molecule has 222 valence electrons. The van der Waals surface area contributed by atoms with Gasteiger partial charge in [-0.1, -0.05) is 68.4 Å². The lowest BCUT2D eigenvalue weighted by Gasteiger charge is -2.38. The summed E-state index contributed by atoms with van der Waals surface area (Å²) < 4.78 is 85.0. The monoisotopic (exact) mass is 580 g/mol. The Morgan fingerprint density at radius 2 is 1.17 bits per heavy atom. The maximum atomic E-state index is 13.4. The van der Waals surface area contributed by atoms with Gasteiger partial charge in [0.05, 0.1) is 30.3 Å². The van der Waals surface area contributed by atoms with Gasteiger partial charge in [-0.3, -0.25) is 15.0 Å². The SMILES string of the molecule is CCCN(CCC)[C@@H](c1ccccc1)[C@H](NC(c1ccc(C(F)(F)F)cc1)c1ccc(C(F)(F)F)cc1)C(=O)OC. The molecule has 0 aromatic heterocycles. The summed E-state index contributed by atoms with van der Waals surface area (Å²) in [4.78, 5) is 15.5. The van der Waals surface area contributed by atoms with Gasteiger partial charge in [-0.2, -0.15) is 26.3 Å². The number of nitrogens with one attached hydrogen (secondary N) is 1. The third-order valence-corrected chi connectivity index (χ3v) is 6.82. The molecular weight excluding hydrogens is 546 g/mol. The Morgan fingerprint density at radius 1 is 0.732 bits per heavy atom. The number of carbonyl (C=O) groups is 1. The van der Waals surface area contributed by atoms with Crippen molar-refractivity contribution in [2.24, 2.45) is 0 Å². The number of ether oxygens (including phenoxy) is 1. The summed E-state index contributed by atoms with van der Waals surface area (Å²) in [5.74, 6) is -0.611. The Bertz CT molecular complexity index is 1170. The molecule has 3 aromatic rings. The van der Waals surface area contributed by atoms with Gasteiger partial charge in [0.2, 0.25) is 0 Å². The predicted octanol–water partition coefficient (Wildman–Crippen LogP) is 7.81. The van der Waals surface area contributed by atoms with Gasteiger partial charge in [-0.25, -0.2) is 0 Å². The van der Waals surface area contributed by atoms with Crippen LogP contribution in [0.15, 0.2) is 78.9 Å². The molecule has 0 unspecified atom stereocenters. The summed E-state index contributed by atoms with van der Waals surface area (Å²) in [7, 11) is 1.24. The minimum Gasteiger partial charge on any atom is -0.468 e. The van der Waals surface area contributed by atoms with E-state index in [1.54, 1.807) is 0 Å². The quantitative estimate of drug-likeness (QED) is 0.175.